The molecule has 1 rings (SSSR count). The van der Waals surface area contributed by atoms with Crippen molar-refractivity contribution in [3.63, 3.8) is 0 Å². The number of unbranched alkanes of at least 4 members (excludes halogenated alkanes) is 3. The lowest BCUT2D eigenvalue weighted by Gasteiger charge is -2.21. The zero-order chi connectivity index (χ0) is 17.1. The minimum atomic E-state index is -0.474. The van der Waals surface area contributed by atoms with Gasteiger partial charge in [0.05, 0.1) is 19.8 Å². The Labute approximate surface area is 137 Å². The standard InChI is InChI=1S/C17H27NO5/c1-3-5-6-7-11-18(17(21)22-4-2)23-12-10-14-8-9-15(19)16(20)13-14/h8-9,13,19-20H,3-7,10-12H2,1-2H3. The number of aromatic hydroxyl groups is 2. The number of carbonyl (C=O) groups is 1. The molecular formula is C17H27NO5. The molecule has 130 valence electrons. The van der Waals surface area contributed by atoms with Crippen molar-refractivity contribution in [1.29, 1.82) is 0 Å². The molecular weight excluding hydrogens is 298 g/mol. The van der Waals surface area contributed by atoms with Crippen molar-refractivity contribution in [1.82, 2.24) is 5.06 Å². The first-order chi connectivity index (χ1) is 11.1. The molecule has 23 heavy (non-hydrogen) atoms. The molecule has 6 heteroatoms. The van der Waals surface area contributed by atoms with Gasteiger partial charge in [0, 0.05) is 0 Å². The molecule has 0 saturated heterocycles. The monoisotopic (exact) mass is 325 g/mol. The SMILES string of the molecule is CCCCCCN(OCCc1ccc(O)c(O)c1)C(=O)OCC. The number of hydrogen-bond acceptors (Lipinski definition) is 5. The van der Waals surface area contributed by atoms with E-state index in [2.05, 4.69) is 6.92 Å². The number of amides is 1. The summed E-state index contributed by atoms with van der Waals surface area (Å²) >= 11 is 0. The van der Waals surface area contributed by atoms with Crippen LogP contribution in [0, 0.1) is 0 Å². The Balaban J connectivity index is 2.45. The van der Waals surface area contributed by atoms with E-state index < -0.39 is 6.09 Å². The Morgan fingerprint density at radius 3 is 2.57 bits per heavy atom. The second-order valence-corrected chi connectivity index (χ2v) is 5.27. The van der Waals surface area contributed by atoms with Gasteiger partial charge in [0.2, 0.25) is 0 Å². The number of phenolic OH excluding ortho intramolecular Hbond substituents is 2. The maximum absolute atomic E-state index is 11.9. The van der Waals surface area contributed by atoms with Gasteiger partial charge in [-0.15, -0.1) is 0 Å². The van der Waals surface area contributed by atoms with E-state index >= 15 is 0 Å². The van der Waals surface area contributed by atoms with Crippen LogP contribution in [0.25, 0.3) is 0 Å². The fourth-order valence-corrected chi connectivity index (χ4v) is 2.08. The maximum atomic E-state index is 11.9. The van der Waals surface area contributed by atoms with Crippen LogP contribution in [-0.4, -0.2) is 41.1 Å². The highest BCUT2D eigenvalue weighted by atomic mass is 16.7. The van der Waals surface area contributed by atoms with Crippen LogP contribution in [-0.2, 0) is 16.0 Å². The van der Waals surface area contributed by atoms with Gasteiger partial charge in [-0.1, -0.05) is 32.3 Å². The normalized spacial score (nSPS) is 10.5. The largest absolute Gasteiger partial charge is 0.504 e. The number of carbonyl (C=O) groups excluding carboxylic acids is 1. The molecule has 0 heterocycles. The molecule has 2 N–H and O–H groups in total. The third kappa shape index (κ3) is 7.23. The third-order valence-corrected chi connectivity index (χ3v) is 3.36. The molecule has 0 aliphatic rings. The summed E-state index contributed by atoms with van der Waals surface area (Å²) in [6.45, 7) is 4.98. The second-order valence-electron chi connectivity index (χ2n) is 5.27. The van der Waals surface area contributed by atoms with Gasteiger partial charge in [0.15, 0.2) is 11.5 Å². The van der Waals surface area contributed by atoms with Gasteiger partial charge < -0.3 is 14.9 Å². The first kappa shape index (κ1) is 19.1. The number of nitrogens with zero attached hydrogens (tertiary/aromatic N) is 1. The van der Waals surface area contributed by atoms with Crippen molar-refractivity contribution in [3.05, 3.63) is 23.8 Å². The Morgan fingerprint density at radius 1 is 1.13 bits per heavy atom. The van der Waals surface area contributed by atoms with E-state index in [1.165, 1.54) is 17.2 Å². The van der Waals surface area contributed by atoms with Crippen LogP contribution in [0.15, 0.2) is 18.2 Å². The van der Waals surface area contributed by atoms with Crippen molar-refractivity contribution < 1.29 is 24.6 Å². The van der Waals surface area contributed by atoms with Crippen LogP contribution in [0.5, 0.6) is 11.5 Å². The van der Waals surface area contributed by atoms with E-state index in [9.17, 15) is 15.0 Å². The van der Waals surface area contributed by atoms with Gasteiger partial charge in [0.25, 0.3) is 0 Å². The van der Waals surface area contributed by atoms with E-state index in [0.717, 1.165) is 31.2 Å². The zero-order valence-electron chi connectivity index (χ0n) is 14.0. The summed E-state index contributed by atoms with van der Waals surface area (Å²) in [7, 11) is 0. The molecule has 0 aliphatic carbocycles. The van der Waals surface area contributed by atoms with Crippen LogP contribution in [0.3, 0.4) is 0 Å². The molecule has 0 aromatic heterocycles. The molecule has 0 atom stereocenters. The maximum Gasteiger partial charge on any atom is 0.433 e. The van der Waals surface area contributed by atoms with Gasteiger partial charge in [-0.2, -0.15) is 5.06 Å². The first-order valence-electron chi connectivity index (χ1n) is 8.16. The Kier molecular flexibility index (Phi) is 8.90. The van der Waals surface area contributed by atoms with Gasteiger partial charge in [-0.25, -0.2) is 4.79 Å². The fraction of sp³-hybridized carbons (Fsp3) is 0.588. The smallest absolute Gasteiger partial charge is 0.433 e. The number of hydroxylamine groups is 2. The van der Waals surface area contributed by atoms with Crippen molar-refractivity contribution in [2.75, 3.05) is 19.8 Å². The summed E-state index contributed by atoms with van der Waals surface area (Å²) in [5, 5.41) is 20.0. The molecule has 0 bridgehead atoms. The Bertz CT molecular complexity index is 478. The van der Waals surface area contributed by atoms with Gasteiger partial charge in [-0.05, 0) is 37.5 Å². The van der Waals surface area contributed by atoms with Crippen LogP contribution in [0.1, 0.15) is 45.1 Å². The number of phenols is 2. The number of ether oxygens (including phenoxy) is 1. The van der Waals surface area contributed by atoms with Crippen molar-refractivity contribution in [2.24, 2.45) is 0 Å². The molecule has 0 aliphatic heterocycles. The van der Waals surface area contributed by atoms with Gasteiger partial charge >= 0.3 is 6.09 Å². The van der Waals surface area contributed by atoms with Crippen molar-refractivity contribution >= 4 is 6.09 Å². The molecule has 0 spiro atoms. The van der Waals surface area contributed by atoms with Gasteiger partial charge in [-0.3, -0.25) is 4.84 Å². The quantitative estimate of drug-likeness (QED) is 0.390. The van der Waals surface area contributed by atoms with Crippen LogP contribution in [0.2, 0.25) is 0 Å². The molecule has 1 aromatic carbocycles. The number of rotatable bonds is 10. The lowest BCUT2D eigenvalue weighted by Crippen LogP contribution is -2.33. The second kappa shape index (κ2) is 10.7. The summed E-state index contributed by atoms with van der Waals surface area (Å²) < 4.78 is 4.99. The molecule has 1 amide bonds. The summed E-state index contributed by atoms with van der Waals surface area (Å²) in [6.07, 6.45) is 4.21. The predicted molar refractivity (Wildman–Crippen MR) is 87.3 cm³/mol. The summed E-state index contributed by atoms with van der Waals surface area (Å²) in [5.41, 5.74) is 0.815. The van der Waals surface area contributed by atoms with E-state index in [0.29, 0.717) is 19.6 Å². The predicted octanol–water partition coefficient (Wildman–Crippen LogP) is 3.61. The van der Waals surface area contributed by atoms with Crippen LogP contribution < -0.4 is 0 Å². The summed E-state index contributed by atoms with van der Waals surface area (Å²) in [5.74, 6) is -0.317. The number of benzene rings is 1. The van der Waals surface area contributed by atoms with E-state index in [-0.39, 0.29) is 18.1 Å². The third-order valence-electron chi connectivity index (χ3n) is 3.36. The summed E-state index contributed by atoms with van der Waals surface area (Å²) in [4.78, 5) is 17.4. The molecule has 6 nitrogen and oxygen atoms in total. The Morgan fingerprint density at radius 2 is 1.91 bits per heavy atom. The molecule has 0 unspecified atom stereocenters. The molecule has 0 radical (unpaired) electrons. The number of hydrogen-bond donors (Lipinski definition) is 2. The lowest BCUT2D eigenvalue weighted by atomic mass is 10.1. The van der Waals surface area contributed by atoms with Crippen molar-refractivity contribution in [3.8, 4) is 11.5 Å². The van der Waals surface area contributed by atoms with Crippen LogP contribution in [0.4, 0.5) is 4.79 Å². The minimum absolute atomic E-state index is 0.154. The van der Waals surface area contributed by atoms with E-state index in [1.807, 2.05) is 0 Å². The average molecular weight is 325 g/mol. The molecule has 0 saturated carbocycles. The average Bonchev–Trinajstić information content (AvgIpc) is 2.53. The van der Waals surface area contributed by atoms with Crippen LogP contribution >= 0.6 is 0 Å². The Hall–Kier alpha value is -1.95. The topological polar surface area (TPSA) is 79.2 Å². The molecule has 0 fully saturated rings. The zero-order valence-corrected chi connectivity index (χ0v) is 14.0. The minimum Gasteiger partial charge on any atom is -0.504 e. The van der Waals surface area contributed by atoms with E-state index in [1.54, 1.807) is 13.0 Å². The fourth-order valence-electron chi connectivity index (χ4n) is 2.08. The highest BCUT2D eigenvalue weighted by Crippen LogP contribution is 2.25. The van der Waals surface area contributed by atoms with Crippen molar-refractivity contribution in [2.45, 2.75) is 46.0 Å². The van der Waals surface area contributed by atoms with E-state index in [4.69, 9.17) is 9.57 Å². The summed E-state index contributed by atoms with van der Waals surface area (Å²) in [6, 6.07) is 4.61. The highest BCUT2D eigenvalue weighted by molar-refractivity contribution is 5.66. The highest BCUT2D eigenvalue weighted by Gasteiger charge is 2.15. The lowest BCUT2D eigenvalue weighted by molar-refractivity contribution is -0.135. The first-order valence-corrected chi connectivity index (χ1v) is 8.16. The van der Waals surface area contributed by atoms with Gasteiger partial charge in [0.1, 0.15) is 0 Å². The molecule has 1 aromatic rings.